The monoisotopic (exact) mass is 561 g/mol. The number of nitro groups is 1. The van der Waals surface area contributed by atoms with Gasteiger partial charge in [-0.25, -0.2) is 9.80 Å². The molecular formula is C33H31N5O4. The van der Waals surface area contributed by atoms with Gasteiger partial charge in [0.05, 0.1) is 35.7 Å². The van der Waals surface area contributed by atoms with E-state index in [1.807, 2.05) is 48.5 Å². The summed E-state index contributed by atoms with van der Waals surface area (Å²) in [5, 5.41) is 18.0. The highest BCUT2D eigenvalue weighted by atomic mass is 16.6. The molecule has 42 heavy (non-hydrogen) atoms. The Hall–Kier alpha value is -5.05. The van der Waals surface area contributed by atoms with Crippen LogP contribution in [-0.2, 0) is 6.54 Å². The largest absolute Gasteiger partial charge is 0.497 e. The van der Waals surface area contributed by atoms with Crippen molar-refractivity contribution in [2.75, 3.05) is 12.0 Å². The molecular weight excluding hydrogens is 530 g/mol. The molecule has 1 aliphatic heterocycles. The van der Waals surface area contributed by atoms with E-state index < -0.39 is 4.92 Å². The first kappa shape index (κ1) is 27.1. The summed E-state index contributed by atoms with van der Waals surface area (Å²) in [6, 6.07) is 23.3. The number of benzene rings is 3. The fourth-order valence-electron chi connectivity index (χ4n) is 5.76. The second-order valence-corrected chi connectivity index (χ2v) is 10.6. The maximum absolute atomic E-state index is 14.4. The minimum absolute atomic E-state index is 0.0384. The molecule has 2 amide bonds. The summed E-state index contributed by atoms with van der Waals surface area (Å²) < 4.78 is 5.32. The zero-order chi connectivity index (χ0) is 29.1. The Morgan fingerprint density at radius 2 is 1.62 bits per heavy atom. The molecule has 0 unspecified atom stereocenters. The van der Waals surface area contributed by atoms with Gasteiger partial charge in [-0.05, 0) is 78.1 Å². The standard InChI is InChI=1S/C33H31N5O4/c1-42-29-14-7-23(8-15-29)22-36-33(39)37(27-10-12-28(13-11-27)38(40)41)31-16-9-26(24-17-19-34-20-18-24)21-30(31)32(35-36)25-5-3-2-4-6-25/h7-21,25H,2-6,22H2,1H3. The predicted molar refractivity (Wildman–Crippen MR) is 162 cm³/mol. The van der Waals surface area contributed by atoms with Crippen molar-refractivity contribution in [1.29, 1.82) is 0 Å². The third-order valence-electron chi connectivity index (χ3n) is 7.97. The third kappa shape index (κ3) is 5.45. The molecule has 212 valence electrons. The minimum Gasteiger partial charge on any atom is -0.497 e. The van der Waals surface area contributed by atoms with Gasteiger partial charge in [0.25, 0.3) is 5.69 Å². The molecule has 9 nitrogen and oxygen atoms in total. The number of carbonyl (C=O) groups excluding carboxylic acids is 1. The van der Waals surface area contributed by atoms with Gasteiger partial charge in [-0.3, -0.25) is 20.0 Å². The highest BCUT2D eigenvalue weighted by molar-refractivity contribution is 6.14. The van der Waals surface area contributed by atoms with Gasteiger partial charge >= 0.3 is 6.03 Å². The van der Waals surface area contributed by atoms with Crippen molar-refractivity contribution >= 4 is 28.8 Å². The molecule has 9 heteroatoms. The van der Waals surface area contributed by atoms with Crippen LogP contribution in [0.5, 0.6) is 5.75 Å². The quantitative estimate of drug-likeness (QED) is 0.170. The second kappa shape index (κ2) is 11.8. The van der Waals surface area contributed by atoms with Crippen molar-refractivity contribution in [3.8, 4) is 16.9 Å². The predicted octanol–water partition coefficient (Wildman–Crippen LogP) is 7.72. The number of nitrogens with zero attached hydrogens (tertiary/aromatic N) is 5. The number of pyridine rings is 1. The van der Waals surface area contributed by atoms with Crippen LogP contribution < -0.4 is 9.64 Å². The first-order valence-electron chi connectivity index (χ1n) is 14.1. The lowest BCUT2D eigenvalue weighted by Gasteiger charge is -2.27. The third-order valence-corrected chi connectivity index (χ3v) is 7.97. The topological polar surface area (TPSA) is 101 Å². The molecule has 1 aromatic heterocycles. The van der Waals surface area contributed by atoms with Crippen molar-refractivity contribution in [2.24, 2.45) is 11.0 Å². The van der Waals surface area contributed by atoms with Gasteiger partial charge in [0.1, 0.15) is 5.75 Å². The smallest absolute Gasteiger partial charge is 0.349 e. The molecule has 3 aromatic carbocycles. The van der Waals surface area contributed by atoms with Crippen molar-refractivity contribution in [3.05, 3.63) is 112 Å². The fourth-order valence-corrected chi connectivity index (χ4v) is 5.76. The van der Waals surface area contributed by atoms with Gasteiger partial charge in [0.15, 0.2) is 0 Å². The number of anilines is 2. The minimum atomic E-state index is -0.441. The van der Waals surface area contributed by atoms with Gasteiger partial charge in [0, 0.05) is 36.0 Å². The van der Waals surface area contributed by atoms with Crippen LogP contribution in [-0.4, -0.2) is 33.8 Å². The van der Waals surface area contributed by atoms with Gasteiger partial charge in [0.2, 0.25) is 0 Å². The van der Waals surface area contributed by atoms with Crippen LogP contribution in [0, 0.1) is 16.0 Å². The van der Waals surface area contributed by atoms with E-state index in [2.05, 4.69) is 11.1 Å². The number of urea groups is 1. The summed E-state index contributed by atoms with van der Waals surface area (Å²) in [6.07, 6.45) is 8.95. The van der Waals surface area contributed by atoms with E-state index in [0.29, 0.717) is 11.4 Å². The number of rotatable bonds is 7. The number of hydrogen-bond donors (Lipinski definition) is 0. The number of ether oxygens (including phenoxy) is 1. The number of hydrazone groups is 1. The molecule has 2 aliphatic rings. The molecule has 0 atom stereocenters. The van der Waals surface area contributed by atoms with Crippen LogP contribution in [0.15, 0.2) is 96.4 Å². The van der Waals surface area contributed by atoms with Crippen LogP contribution in [0.2, 0.25) is 0 Å². The summed E-state index contributed by atoms with van der Waals surface area (Å²) in [7, 11) is 1.62. The Kier molecular flexibility index (Phi) is 7.64. The average molecular weight is 562 g/mol. The van der Waals surface area contributed by atoms with Gasteiger partial charge < -0.3 is 4.74 Å². The Morgan fingerprint density at radius 3 is 2.29 bits per heavy atom. The molecule has 0 saturated heterocycles. The Balaban J connectivity index is 1.52. The van der Waals surface area contributed by atoms with E-state index >= 15 is 0 Å². The van der Waals surface area contributed by atoms with Gasteiger partial charge in [-0.15, -0.1) is 0 Å². The molecule has 0 radical (unpaired) electrons. The lowest BCUT2D eigenvalue weighted by atomic mass is 9.82. The van der Waals surface area contributed by atoms with Crippen molar-refractivity contribution in [2.45, 2.75) is 38.6 Å². The highest BCUT2D eigenvalue weighted by Gasteiger charge is 2.34. The summed E-state index contributed by atoms with van der Waals surface area (Å²) in [5.41, 5.74) is 5.90. The molecule has 1 saturated carbocycles. The van der Waals surface area contributed by atoms with Crippen molar-refractivity contribution in [1.82, 2.24) is 9.99 Å². The summed E-state index contributed by atoms with van der Waals surface area (Å²) in [4.78, 5) is 31.1. The van der Waals surface area contributed by atoms with Crippen molar-refractivity contribution in [3.63, 3.8) is 0 Å². The van der Waals surface area contributed by atoms with E-state index in [4.69, 9.17) is 9.84 Å². The summed E-state index contributed by atoms with van der Waals surface area (Å²) >= 11 is 0. The van der Waals surface area contributed by atoms with Crippen LogP contribution in [0.1, 0.15) is 43.2 Å². The Morgan fingerprint density at radius 1 is 0.905 bits per heavy atom. The molecule has 1 aliphatic carbocycles. The maximum Gasteiger partial charge on any atom is 0.349 e. The first-order valence-corrected chi connectivity index (χ1v) is 14.1. The molecule has 6 rings (SSSR count). The van der Waals surface area contributed by atoms with E-state index in [1.54, 1.807) is 36.5 Å². The number of aromatic nitrogens is 1. The van der Waals surface area contributed by atoms with Crippen LogP contribution >= 0.6 is 0 Å². The zero-order valence-electron chi connectivity index (χ0n) is 23.3. The Bertz CT molecular complexity index is 1620. The van der Waals surface area contributed by atoms with Crippen LogP contribution in [0.25, 0.3) is 11.1 Å². The highest BCUT2D eigenvalue weighted by Crippen LogP contribution is 2.40. The van der Waals surface area contributed by atoms with Crippen LogP contribution in [0.3, 0.4) is 0 Å². The van der Waals surface area contributed by atoms with E-state index in [1.165, 1.54) is 23.6 Å². The van der Waals surface area contributed by atoms with E-state index in [9.17, 15) is 14.9 Å². The molecule has 4 aromatic rings. The number of hydrogen-bond acceptors (Lipinski definition) is 6. The fraction of sp³-hybridized carbons (Fsp3) is 0.242. The van der Waals surface area contributed by atoms with E-state index in [-0.39, 0.29) is 24.2 Å². The summed E-state index contributed by atoms with van der Waals surface area (Å²) in [6.45, 7) is 0.258. The van der Waals surface area contributed by atoms with Gasteiger partial charge in [-0.1, -0.05) is 37.5 Å². The SMILES string of the molecule is COc1ccc(CN2N=C(C3CCCCC3)c3cc(-c4ccncc4)ccc3N(c3ccc([N+](=O)[O-])cc3)C2=O)cc1. The number of methoxy groups -OCH3 is 1. The van der Waals surface area contributed by atoms with Crippen LogP contribution in [0.4, 0.5) is 21.9 Å². The number of non-ortho nitro benzene ring substituents is 1. The van der Waals surface area contributed by atoms with E-state index in [0.717, 1.165) is 59.4 Å². The molecule has 1 fully saturated rings. The normalized spacial score (nSPS) is 15.5. The zero-order valence-corrected chi connectivity index (χ0v) is 23.3. The molecule has 0 spiro atoms. The number of carbonyl (C=O) groups is 1. The average Bonchev–Trinajstić information content (AvgIpc) is 3.16. The molecule has 2 heterocycles. The molecule has 0 N–H and O–H groups in total. The first-order chi connectivity index (χ1) is 20.5. The lowest BCUT2D eigenvalue weighted by Crippen LogP contribution is -2.36. The number of nitro benzene ring substituents is 1. The van der Waals surface area contributed by atoms with Crippen molar-refractivity contribution < 1.29 is 14.5 Å². The lowest BCUT2D eigenvalue weighted by molar-refractivity contribution is -0.384. The number of fused-ring (bicyclic) bond motifs is 1. The Labute approximate surface area is 244 Å². The number of amides is 2. The summed E-state index contributed by atoms with van der Waals surface area (Å²) in [5.74, 6) is 0.934. The second-order valence-electron chi connectivity index (χ2n) is 10.6. The van der Waals surface area contributed by atoms with Gasteiger partial charge in [-0.2, -0.15) is 5.10 Å². The molecule has 0 bridgehead atoms. The maximum atomic E-state index is 14.4.